The van der Waals surface area contributed by atoms with Gasteiger partial charge in [0.2, 0.25) is 5.91 Å². The van der Waals surface area contributed by atoms with Crippen LogP contribution in [0, 0.1) is 0 Å². The molecule has 8 nitrogen and oxygen atoms in total. The van der Waals surface area contributed by atoms with E-state index >= 15 is 0 Å². The van der Waals surface area contributed by atoms with Crippen molar-refractivity contribution in [3.63, 3.8) is 0 Å². The quantitative estimate of drug-likeness (QED) is 0.185. The number of ether oxygens (including phenoxy) is 2. The topological polar surface area (TPSA) is 87.2 Å². The van der Waals surface area contributed by atoms with E-state index in [1.807, 2.05) is 6.92 Å². The maximum atomic E-state index is 11.9. The maximum absolute atomic E-state index is 11.9. The molecule has 0 atom stereocenters. The lowest BCUT2D eigenvalue weighted by Crippen LogP contribution is -2.60. The number of hydrogen-bond acceptors (Lipinski definition) is 5. The van der Waals surface area contributed by atoms with Crippen LogP contribution in [-0.2, 0) is 14.3 Å². The van der Waals surface area contributed by atoms with Gasteiger partial charge in [-0.05, 0) is 19.8 Å². The minimum Gasteiger partial charge on any atom is -0.383 e. The maximum Gasteiger partial charge on any atom is 0.241 e. The van der Waals surface area contributed by atoms with E-state index in [0.29, 0.717) is 19.1 Å². The molecule has 1 heterocycles. The molecule has 164 valence electrons. The van der Waals surface area contributed by atoms with Gasteiger partial charge in [0, 0.05) is 45.4 Å². The smallest absolute Gasteiger partial charge is 0.241 e. The van der Waals surface area contributed by atoms with Crippen LogP contribution < -0.4 is 16.0 Å². The third-order valence-corrected chi connectivity index (χ3v) is 5.40. The molecule has 0 aromatic carbocycles. The normalized spacial score (nSPS) is 20.1. The number of nitrogens with one attached hydrogen (secondary N) is 3. The number of aliphatic imine (C=N–C) groups is 1. The first-order valence-electron chi connectivity index (χ1n) is 10.3. The second-order valence-corrected chi connectivity index (χ2v) is 7.28. The Morgan fingerprint density at radius 3 is 2.50 bits per heavy atom. The summed E-state index contributed by atoms with van der Waals surface area (Å²) < 4.78 is 10.5. The van der Waals surface area contributed by atoms with Crippen LogP contribution in [-0.4, -0.2) is 88.5 Å². The van der Waals surface area contributed by atoms with Crippen molar-refractivity contribution in [1.29, 1.82) is 0 Å². The first kappa shape index (κ1) is 25.4. The van der Waals surface area contributed by atoms with Crippen molar-refractivity contribution in [2.24, 2.45) is 4.99 Å². The number of halogens is 1. The molecule has 2 fully saturated rings. The first-order valence-corrected chi connectivity index (χ1v) is 10.3. The van der Waals surface area contributed by atoms with Crippen molar-refractivity contribution >= 4 is 35.8 Å². The fraction of sp³-hybridized carbons (Fsp3) is 0.895. The number of hydrogen-bond donors (Lipinski definition) is 3. The summed E-state index contributed by atoms with van der Waals surface area (Å²) in [6.45, 7) is 8.41. The summed E-state index contributed by atoms with van der Waals surface area (Å²) in [6, 6.07) is 0. The SMILES string of the molecule is CCNC(=NCC(=O)NCCOC)NCC1(N2CCOCC2)CCCCC1.I. The molecule has 0 aromatic heterocycles. The molecule has 0 bridgehead atoms. The van der Waals surface area contributed by atoms with E-state index in [9.17, 15) is 4.79 Å². The lowest BCUT2D eigenvalue weighted by atomic mass is 9.80. The molecule has 1 aliphatic carbocycles. The third kappa shape index (κ3) is 8.38. The number of amides is 1. The highest BCUT2D eigenvalue weighted by atomic mass is 127. The van der Waals surface area contributed by atoms with Crippen LogP contribution >= 0.6 is 24.0 Å². The molecule has 1 saturated carbocycles. The van der Waals surface area contributed by atoms with Crippen molar-refractivity contribution in [1.82, 2.24) is 20.9 Å². The molecule has 9 heteroatoms. The molecule has 28 heavy (non-hydrogen) atoms. The summed E-state index contributed by atoms with van der Waals surface area (Å²) in [6.07, 6.45) is 6.28. The minimum absolute atomic E-state index is 0. The van der Waals surface area contributed by atoms with Gasteiger partial charge in [0.05, 0.1) is 19.8 Å². The first-order chi connectivity index (χ1) is 13.2. The summed E-state index contributed by atoms with van der Waals surface area (Å²) in [7, 11) is 1.62. The van der Waals surface area contributed by atoms with Crippen LogP contribution in [0.4, 0.5) is 0 Å². The van der Waals surface area contributed by atoms with Crippen molar-refractivity contribution in [3.05, 3.63) is 0 Å². The number of nitrogens with zero attached hydrogens (tertiary/aromatic N) is 2. The van der Waals surface area contributed by atoms with Crippen molar-refractivity contribution in [2.75, 3.05) is 66.2 Å². The average molecular weight is 511 g/mol. The molecule has 1 amide bonds. The molecule has 0 radical (unpaired) electrons. The van der Waals surface area contributed by atoms with Gasteiger partial charge in [-0.25, -0.2) is 4.99 Å². The number of rotatable bonds is 9. The Kier molecular flexibility index (Phi) is 13.0. The van der Waals surface area contributed by atoms with Gasteiger partial charge in [0.25, 0.3) is 0 Å². The van der Waals surface area contributed by atoms with Gasteiger partial charge in [-0.2, -0.15) is 0 Å². The van der Waals surface area contributed by atoms with Gasteiger partial charge in [0.15, 0.2) is 5.96 Å². The van der Waals surface area contributed by atoms with Gasteiger partial charge in [0.1, 0.15) is 6.54 Å². The number of morpholine rings is 1. The van der Waals surface area contributed by atoms with E-state index < -0.39 is 0 Å². The Balaban J connectivity index is 0.00000392. The monoisotopic (exact) mass is 511 g/mol. The Bertz CT molecular complexity index is 466. The molecule has 0 unspecified atom stereocenters. The Morgan fingerprint density at radius 1 is 1.14 bits per heavy atom. The van der Waals surface area contributed by atoms with E-state index in [4.69, 9.17) is 9.47 Å². The molecule has 0 aromatic rings. The standard InChI is InChI=1S/C19H37N5O3.HI/c1-3-20-18(22-15-17(25)21-9-12-26-2)23-16-19(7-5-4-6-8-19)24-10-13-27-14-11-24;/h3-16H2,1-2H3,(H,21,25)(H2,20,22,23);1H. The molecule has 2 rings (SSSR count). The van der Waals surface area contributed by atoms with Crippen molar-refractivity contribution < 1.29 is 14.3 Å². The van der Waals surface area contributed by atoms with Gasteiger partial charge < -0.3 is 25.4 Å². The van der Waals surface area contributed by atoms with Crippen LogP contribution in [0.15, 0.2) is 4.99 Å². The summed E-state index contributed by atoms with van der Waals surface area (Å²) in [5.41, 5.74) is 0.166. The Morgan fingerprint density at radius 2 is 1.86 bits per heavy atom. The average Bonchev–Trinajstić information content (AvgIpc) is 2.71. The second kappa shape index (κ2) is 14.4. The highest BCUT2D eigenvalue weighted by molar-refractivity contribution is 14.0. The van der Waals surface area contributed by atoms with Crippen LogP contribution in [0.25, 0.3) is 0 Å². The highest BCUT2D eigenvalue weighted by Crippen LogP contribution is 2.33. The summed E-state index contributed by atoms with van der Waals surface area (Å²) >= 11 is 0. The number of guanidine groups is 1. The molecule has 3 N–H and O–H groups in total. The minimum atomic E-state index is -0.0928. The highest BCUT2D eigenvalue weighted by Gasteiger charge is 2.38. The zero-order valence-electron chi connectivity index (χ0n) is 17.4. The zero-order valence-corrected chi connectivity index (χ0v) is 19.8. The molecule has 2 aliphatic rings. The molecule has 0 spiro atoms. The van der Waals surface area contributed by atoms with Crippen LogP contribution in [0.1, 0.15) is 39.0 Å². The molecule has 1 saturated heterocycles. The van der Waals surface area contributed by atoms with Crippen LogP contribution in [0.5, 0.6) is 0 Å². The summed E-state index contributed by atoms with van der Waals surface area (Å²) in [5.74, 6) is 0.613. The van der Waals surface area contributed by atoms with Crippen molar-refractivity contribution in [2.45, 2.75) is 44.6 Å². The van der Waals surface area contributed by atoms with E-state index in [1.165, 1.54) is 32.1 Å². The van der Waals surface area contributed by atoms with E-state index in [1.54, 1.807) is 7.11 Å². The number of carbonyl (C=O) groups excluding carboxylic acids is 1. The van der Waals surface area contributed by atoms with Crippen molar-refractivity contribution in [3.8, 4) is 0 Å². The lowest BCUT2D eigenvalue weighted by Gasteiger charge is -2.48. The molecular weight excluding hydrogens is 473 g/mol. The van der Waals surface area contributed by atoms with Gasteiger partial charge in [-0.15, -0.1) is 24.0 Å². The number of carbonyl (C=O) groups is 1. The predicted octanol–water partition coefficient (Wildman–Crippen LogP) is 0.957. The second-order valence-electron chi connectivity index (χ2n) is 7.28. The summed E-state index contributed by atoms with van der Waals surface area (Å²) in [5, 5.41) is 9.56. The van der Waals surface area contributed by atoms with Crippen LogP contribution in [0.3, 0.4) is 0 Å². The Labute approximate surface area is 186 Å². The fourth-order valence-corrected chi connectivity index (χ4v) is 3.94. The predicted molar refractivity (Wildman–Crippen MR) is 122 cm³/mol. The molecule has 1 aliphatic heterocycles. The third-order valence-electron chi connectivity index (χ3n) is 5.40. The number of methoxy groups -OCH3 is 1. The fourth-order valence-electron chi connectivity index (χ4n) is 3.94. The molecular formula is C19H38IN5O3. The zero-order chi connectivity index (χ0) is 19.4. The lowest BCUT2D eigenvalue weighted by molar-refractivity contribution is -0.119. The van der Waals surface area contributed by atoms with Crippen LogP contribution in [0.2, 0.25) is 0 Å². The van der Waals surface area contributed by atoms with Gasteiger partial charge >= 0.3 is 0 Å². The summed E-state index contributed by atoms with van der Waals surface area (Å²) in [4.78, 5) is 18.9. The van der Waals surface area contributed by atoms with Gasteiger partial charge in [-0.3, -0.25) is 9.69 Å². The Hall–Kier alpha value is -0.650. The van der Waals surface area contributed by atoms with E-state index in [0.717, 1.165) is 39.4 Å². The largest absolute Gasteiger partial charge is 0.383 e. The van der Waals surface area contributed by atoms with E-state index in [-0.39, 0.29) is 42.0 Å². The van der Waals surface area contributed by atoms with E-state index in [2.05, 4.69) is 25.8 Å². The van der Waals surface area contributed by atoms with Gasteiger partial charge in [-0.1, -0.05) is 19.3 Å².